The number of nitrogen functional groups attached to an aromatic ring is 1. The largest absolute Gasteiger partial charge is 0.507 e. The van der Waals surface area contributed by atoms with Gasteiger partial charge in [0.15, 0.2) is 5.82 Å². The van der Waals surface area contributed by atoms with Crippen molar-refractivity contribution in [2.24, 2.45) is 5.92 Å². The van der Waals surface area contributed by atoms with Crippen LogP contribution in [0.5, 0.6) is 5.75 Å². The minimum atomic E-state index is -0.338. The van der Waals surface area contributed by atoms with Gasteiger partial charge in [-0.2, -0.15) is 0 Å². The van der Waals surface area contributed by atoms with Crippen molar-refractivity contribution in [3.8, 4) is 17.0 Å². The number of carbonyl (C=O) groups is 2. The second-order valence-electron chi connectivity index (χ2n) is 16.0. The van der Waals surface area contributed by atoms with E-state index in [9.17, 15) is 14.7 Å². The maximum atomic E-state index is 12.6. The SMILES string of the molecule is Nc1nnc(-c2ccccc2O)cc1N1CCCC(c2ccc(N3CCC(CN4CCC(n5ccc6c(N7CCC(=O)NC7=O)cccc65)CC4)CC3)cc2)C1. The number of aromatic nitrogens is 3. The van der Waals surface area contributed by atoms with Gasteiger partial charge < -0.3 is 30.1 Å². The number of amides is 3. The van der Waals surface area contributed by atoms with Gasteiger partial charge in [0.1, 0.15) is 5.75 Å². The maximum Gasteiger partial charge on any atom is 0.328 e. The summed E-state index contributed by atoms with van der Waals surface area (Å²) in [6, 6.07) is 26.8. The molecule has 0 spiro atoms. The van der Waals surface area contributed by atoms with Crippen molar-refractivity contribution < 1.29 is 14.7 Å². The minimum Gasteiger partial charge on any atom is -0.507 e. The van der Waals surface area contributed by atoms with Crippen molar-refractivity contribution in [1.82, 2.24) is 25.0 Å². The minimum absolute atomic E-state index is 0.182. The highest BCUT2D eigenvalue weighted by molar-refractivity contribution is 6.09. The second-order valence-corrected chi connectivity index (χ2v) is 16.0. The van der Waals surface area contributed by atoms with E-state index in [4.69, 9.17) is 5.73 Å². The van der Waals surface area contributed by atoms with Gasteiger partial charge in [-0.1, -0.05) is 30.3 Å². The molecule has 0 bridgehead atoms. The molecule has 4 aliphatic rings. The molecule has 2 aromatic heterocycles. The highest BCUT2D eigenvalue weighted by atomic mass is 16.3. The summed E-state index contributed by atoms with van der Waals surface area (Å²) >= 11 is 0. The molecule has 3 aromatic carbocycles. The van der Waals surface area contributed by atoms with Gasteiger partial charge in [-0.15, -0.1) is 10.2 Å². The molecule has 1 atom stereocenters. The van der Waals surface area contributed by atoms with Crippen molar-refractivity contribution in [1.29, 1.82) is 0 Å². The van der Waals surface area contributed by atoms with Crippen molar-refractivity contribution >= 4 is 45.7 Å². The monoisotopic (exact) mass is 753 g/mol. The number of phenolic OH excluding ortho intramolecular Hbond substituents is 1. The van der Waals surface area contributed by atoms with E-state index >= 15 is 0 Å². The number of nitrogens with one attached hydrogen (secondary N) is 1. The van der Waals surface area contributed by atoms with Crippen molar-refractivity contribution in [2.75, 3.05) is 72.8 Å². The Bertz CT molecular complexity index is 2210. The fourth-order valence-corrected chi connectivity index (χ4v) is 9.53. The number of nitrogens with zero attached hydrogens (tertiary/aromatic N) is 7. The van der Waals surface area contributed by atoms with Crippen LogP contribution in [-0.4, -0.2) is 89.1 Å². The predicted molar refractivity (Wildman–Crippen MR) is 221 cm³/mol. The summed E-state index contributed by atoms with van der Waals surface area (Å²) in [5.41, 5.74) is 13.2. The first-order valence-electron chi connectivity index (χ1n) is 20.3. The summed E-state index contributed by atoms with van der Waals surface area (Å²) in [6.07, 6.45) is 9.36. The Kier molecular flexibility index (Phi) is 9.97. The Morgan fingerprint density at radius 1 is 0.786 bits per heavy atom. The lowest BCUT2D eigenvalue weighted by atomic mass is 9.90. The normalized spacial score (nSPS) is 20.5. The van der Waals surface area contributed by atoms with Crippen LogP contribution in [0.4, 0.5) is 27.7 Å². The molecule has 4 saturated heterocycles. The first-order valence-corrected chi connectivity index (χ1v) is 20.3. The van der Waals surface area contributed by atoms with Gasteiger partial charge in [0.05, 0.1) is 22.6 Å². The van der Waals surface area contributed by atoms with Crippen LogP contribution in [0.3, 0.4) is 0 Å². The molecule has 12 nitrogen and oxygen atoms in total. The van der Waals surface area contributed by atoms with Crippen LogP contribution in [-0.2, 0) is 4.79 Å². The van der Waals surface area contributed by atoms with Crippen LogP contribution in [0.2, 0.25) is 0 Å². The molecule has 56 heavy (non-hydrogen) atoms. The zero-order valence-electron chi connectivity index (χ0n) is 31.9. The van der Waals surface area contributed by atoms with Crippen molar-refractivity contribution in [3.05, 3.63) is 90.6 Å². The molecule has 9 rings (SSSR count). The first kappa shape index (κ1) is 36.0. The number of urea groups is 1. The lowest BCUT2D eigenvalue weighted by Gasteiger charge is -2.39. The number of benzene rings is 3. The number of anilines is 4. The number of fused-ring (bicyclic) bond motifs is 1. The lowest BCUT2D eigenvalue weighted by molar-refractivity contribution is -0.120. The van der Waals surface area contributed by atoms with Crippen LogP contribution in [0.15, 0.2) is 85.1 Å². The Balaban J connectivity index is 0.762. The van der Waals surface area contributed by atoms with E-state index in [0.29, 0.717) is 47.9 Å². The van der Waals surface area contributed by atoms with E-state index in [0.717, 1.165) is 87.2 Å². The molecular formula is C44H51N9O3. The second kappa shape index (κ2) is 15.5. The van der Waals surface area contributed by atoms with Crippen molar-refractivity contribution in [3.63, 3.8) is 0 Å². The van der Waals surface area contributed by atoms with Crippen molar-refractivity contribution in [2.45, 2.75) is 56.9 Å². The van der Waals surface area contributed by atoms with E-state index in [1.807, 2.05) is 30.3 Å². The van der Waals surface area contributed by atoms with Crippen LogP contribution in [0.25, 0.3) is 22.2 Å². The molecule has 1 unspecified atom stereocenters. The molecule has 12 heteroatoms. The highest BCUT2D eigenvalue weighted by Crippen LogP contribution is 2.37. The van der Waals surface area contributed by atoms with Crippen LogP contribution < -0.4 is 25.8 Å². The summed E-state index contributed by atoms with van der Waals surface area (Å²) in [6.45, 7) is 7.74. The van der Waals surface area contributed by atoms with Crippen LogP contribution in [0, 0.1) is 5.92 Å². The smallest absolute Gasteiger partial charge is 0.328 e. The summed E-state index contributed by atoms with van der Waals surface area (Å²) in [5, 5.41) is 22.5. The standard InChI is InChI=1S/C44H51N9O3/c45-43-40(27-37(47-48-43)35-6-1-2-9-41(35)54)51-20-4-5-32(29-51)31-10-12-33(13-11-31)50-23-14-30(15-24-50)28-49-21-16-34(17-22-49)52-25-18-36-38(52)7-3-8-39(36)53-26-19-42(55)46-44(53)56/h1-3,6-13,18,25,27,30,32,34,54H,4-5,14-17,19-24,26,28-29H2,(H2,45,48)(H,46,55,56). The average Bonchev–Trinajstić information content (AvgIpc) is 3.67. The molecular weight excluding hydrogens is 703 g/mol. The van der Waals surface area contributed by atoms with Gasteiger partial charge >= 0.3 is 6.03 Å². The van der Waals surface area contributed by atoms with E-state index < -0.39 is 0 Å². The zero-order chi connectivity index (χ0) is 38.2. The number of rotatable bonds is 8. The number of likely N-dealkylation sites (tertiary alicyclic amines) is 1. The molecule has 0 aliphatic carbocycles. The van der Waals surface area contributed by atoms with Gasteiger partial charge in [-0.05, 0) is 98.5 Å². The fraction of sp³-hybridized carbons (Fsp3) is 0.409. The number of carbonyl (C=O) groups excluding carboxylic acids is 2. The summed E-state index contributed by atoms with van der Waals surface area (Å²) < 4.78 is 2.40. The molecule has 4 N–H and O–H groups in total. The Labute approximate surface area is 327 Å². The number of hydrogen-bond donors (Lipinski definition) is 3. The summed E-state index contributed by atoms with van der Waals surface area (Å²) in [7, 11) is 0. The summed E-state index contributed by atoms with van der Waals surface area (Å²) in [5.74, 6) is 1.51. The first-order chi connectivity index (χ1) is 27.4. The Morgan fingerprint density at radius 3 is 2.38 bits per heavy atom. The third-order valence-corrected chi connectivity index (χ3v) is 12.6. The molecule has 0 saturated carbocycles. The van der Waals surface area contributed by atoms with Crippen LogP contribution in [0.1, 0.15) is 62.5 Å². The number of nitrogens with two attached hydrogens (primary N) is 1. The molecule has 4 aliphatic heterocycles. The fourth-order valence-electron chi connectivity index (χ4n) is 9.53. The Morgan fingerprint density at radius 2 is 1.59 bits per heavy atom. The molecule has 3 amide bonds. The number of para-hydroxylation sites is 1. The quantitative estimate of drug-likeness (QED) is 0.157. The molecule has 290 valence electrons. The lowest BCUT2D eigenvalue weighted by Crippen LogP contribution is -2.49. The van der Waals surface area contributed by atoms with Gasteiger partial charge in [-0.3, -0.25) is 15.0 Å². The number of phenols is 1. The van der Waals surface area contributed by atoms with Gasteiger partial charge in [0.2, 0.25) is 5.91 Å². The molecule has 0 radical (unpaired) electrons. The number of piperidine rings is 3. The van der Waals surface area contributed by atoms with Gasteiger partial charge in [0, 0.05) is 93.6 Å². The number of imide groups is 1. The highest BCUT2D eigenvalue weighted by Gasteiger charge is 2.29. The third-order valence-electron chi connectivity index (χ3n) is 12.6. The number of hydrogen-bond acceptors (Lipinski definition) is 9. The molecule has 4 fully saturated rings. The predicted octanol–water partition coefficient (Wildman–Crippen LogP) is 6.77. The van der Waals surface area contributed by atoms with E-state index in [-0.39, 0.29) is 17.7 Å². The number of aromatic hydroxyl groups is 1. The molecule has 6 heterocycles. The average molecular weight is 754 g/mol. The molecule has 5 aromatic rings. The van der Waals surface area contributed by atoms with Gasteiger partial charge in [0.25, 0.3) is 0 Å². The van der Waals surface area contributed by atoms with E-state index in [1.165, 1.54) is 30.6 Å². The van der Waals surface area contributed by atoms with E-state index in [2.05, 4.69) is 77.4 Å². The van der Waals surface area contributed by atoms with Crippen LogP contribution >= 0.6 is 0 Å². The van der Waals surface area contributed by atoms with Gasteiger partial charge in [-0.25, -0.2) is 4.79 Å². The topological polar surface area (TPSA) is 136 Å². The Hall–Kier alpha value is -5.62. The van der Waals surface area contributed by atoms with E-state index in [1.54, 1.807) is 17.0 Å². The zero-order valence-corrected chi connectivity index (χ0v) is 31.9. The third kappa shape index (κ3) is 7.25. The summed E-state index contributed by atoms with van der Waals surface area (Å²) in [4.78, 5) is 33.5. The maximum absolute atomic E-state index is 12.6.